The van der Waals surface area contributed by atoms with Crippen molar-refractivity contribution in [3.63, 3.8) is 0 Å². The standard InChI is InChI=1S/C14H11NO3/c16-12-7-8-15(11-5-2-1-4-10(11)12)14(17)13-6-3-9-18-13/h1-5,7-9,13H,6H2. The minimum Gasteiger partial charge on any atom is -0.488 e. The molecule has 90 valence electrons. The fourth-order valence-electron chi connectivity index (χ4n) is 2.10. The summed E-state index contributed by atoms with van der Waals surface area (Å²) < 4.78 is 6.70. The number of rotatable bonds is 1. The summed E-state index contributed by atoms with van der Waals surface area (Å²) in [4.78, 5) is 24.0. The maximum absolute atomic E-state index is 12.3. The average molecular weight is 241 g/mol. The first-order valence-corrected chi connectivity index (χ1v) is 5.72. The van der Waals surface area contributed by atoms with Crippen LogP contribution in [0, 0.1) is 0 Å². The molecule has 1 aliphatic heterocycles. The number of hydrogen-bond donors (Lipinski definition) is 0. The number of carbonyl (C=O) groups excluding carboxylic acids is 1. The normalized spacial score (nSPS) is 17.9. The summed E-state index contributed by atoms with van der Waals surface area (Å²) in [5.74, 6) is -0.156. The first kappa shape index (κ1) is 10.8. The first-order valence-electron chi connectivity index (χ1n) is 5.72. The number of aromatic nitrogens is 1. The van der Waals surface area contributed by atoms with Crippen molar-refractivity contribution < 1.29 is 9.53 Å². The highest BCUT2D eigenvalue weighted by molar-refractivity contribution is 5.93. The molecule has 0 bridgehead atoms. The second-order valence-corrected chi connectivity index (χ2v) is 4.14. The van der Waals surface area contributed by atoms with Crippen LogP contribution in [0.5, 0.6) is 0 Å². The Kier molecular flexibility index (Phi) is 2.48. The molecule has 3 rings (SSSR count). The van der Waals surface area contributed by atoms with Crippen LogP contribution >= 0.6 is 0 Å². The molecule has 0 saturated carbocycles. The van der Waals surface area contributed by atoms with Gasteiger partial charge >= 0.3 is 0 Å². The molecule has 1 atom stereocenters. The molecule has 4 heteroatoms. The van der Waals surface area contributed by atoms with E-state index in [1.54, 1.807) is 24.3 Å². The fraction of sp³-hybridized carbons (Fsp3) is 0.143. The van der Waals surface area contributed by atoms with Crippen LogP contribution in [0.3, 0.4) is 0 Å². The summed E-state index contributed by atoms with van der Waals surface area (Å²) in [5.41, 5.74) is 0.533. The Hall–Kier alpha value is -2.36. The van der Waals surface area contributed by atoms with Crippen molar-refractivity contribution in [1.82, 2.24) is 4.57 Å². The molecule has 0 fully saturated rings. The number of benzene rings is 1. The third-order valence-electron chi connectivity index (χ3n) is 3.01. The van der Waals surface area contributed by atoms with Crippen LogP contribution in [-0.4, -0.2) is 16.6 Å². The Morgan fingerprint density at radius 3 is 2.89 bits per heavy atom. The molecular formula is C14H11NO3. The molecule has 1 unspecified atom stereocenters. The molecule has 1 aromatic carbocycles. The van der Waals surface area contributed by atoms with Gasteiger partial charge < -0.3 is 4.74 Å². The second-order valence-electron chi connectivity index (χ2n) is 4.14. The van der Waals surface area contributed by atoms with Crippen molar-refractivity contribution >= 4 is 16.8 Å². The van der Waals surface area contributed by atoms with E-state index in [1.807, 2.05) is 6.08 Å². The molecule has 0 saturated heterocycles. The molecule has 2 aromatic rings. The van der Waals surface area contributed by atoms with E-state index in [0.717, 1.165) is 0 Å². The molecule has 1 aliphatic rings. The second kappa shape index (κ2) is 4.14. The van der Waals surface area contributed by atoms with Crippen LogP contribution in [0.4, 0.5) is 0 Å². The van der Waals surface area contributed by atoms with Gasteiger partial charge in [0.2, 0.25) is 0 Å². The molecule has 2 heterocycles. The fourth-order valence-corrected chi connectivity index (χ4v) is 2.10. The Morgan fingerprint density at radius 1 is 1.28 bits per heavy atom. The van der Waals surface area contributed by atoms with E-state index >= 15 is 0 Å². The van der Waals surface area contributed by atoms with Gasteiger partial charge in [0.15, 0.2) is 11.5 Å². The lowest BCUT2D eigenvalue weighted by Gasteiger charge is -2.13. The summed E-state index contributed by atoms with van der Waals surface area (Å²) in [6.45, 7) is 0. The third kappa shape index (κ3) is 1.62. The van der Waals surface area contributed by atoms with Crippen molar-refractivity contribution in [3.8, 4) is 0 Å². The summed E-state index contributed by atoms with van der Waals surface area (Å²) in [6.07, 6.45) is 4.94. The zero-order valence-corrected chi connectivity index (χ0v) is 9.58. The minimum absolute atomic E-state index is 0.0832. The van der Waals surface area contributed by atoms with E-state index in [0.29, 0.717) is 17.3 Å². The van der Waals surface area contributed by atoms with E-state index in [1.165, 1.54) is 23.1 Å². The molecule has 0 amide bonds. The van der Waals surface area contributed by atoms with Crippen molar-refractivity contribution in [2.45, 2.75) is 12.5 Å². The first-order chi connectivity index (χ1) is 8.77. The molecule has 18 heavy (non-hydrogen) atoms. The Bertz CT molecular complexity index is 691. The SMILES string of the molecule is O=C(C1CC=CO1)n1ccc(=O)c2ccccc21. The molecule has 0 spiro atoms. The minimum atomic E-state index is -0.490. The molecular weight excluding hydrogens is 230 g/mol. The van der Waals surface area contributed by atoms with Crippen molar-refractivity contribution in [2.75, 3.05) is 0 Å². The maximum Gasteiger partial charge on any atom is 0.272 e. The highest BCUT2D eigenvalue weighted by Crippen LogP contribution is 2.15. The Balaban J connectivity index is 2.15. The number of fused-ring (bicyclic) bond motifs is 1. The van der Waals surface area contributed by atoms with Crippen LogP contribution in [0.2, 0.25) is 0 Å². The monoisotopic (exact) mass is 241 g/mol. The number of carbonyl (C=O) groups is 1. The predicted octanol–water partition coefficient (Wildman–Crippen LogP) is 1.94. The van der Waals surface area contributed by atoms with Gasteiger partial charge in [0.05, 0.1) is 11.8 Å². The van der Waals surface area contributed by atoms with E-state index in [9.17, 15) is 9.59 Å². The van der Waals surface area contributed by atoms with Crippen LogP contribution in [0.15, 0.2) is 53.7 Å². The van der Waals surface area contributed by atoms with E-state index in [4.69, 9.17) is 4.74 Å². The topological polar surface area (TPSA) is 48.3 Å². The highest BCUT2D eigenvalue weighted by atomic mass is 16.5. The largest absolute Gasteiger partial charge is 0.488 e. The van der Waals surface area contributed by atoms with Gasteiger partial charge in [-0.05, 0) is 18.2 Å². The number of hydrogen-bond acceptors (Lipinski definition) is 3. The van der Waals surface area contributed by atoms with Gasteiger partial charge in [-0.3, -0.25) is 14.2 Å². The van der Waals surface area contributed by atoms with Gasteiger partial charge in [-0.25, -0.2) is 0 Å². The van der Waals surface area contributed by atoms with Gasteiger partial charge in [-0.2, -0.15) is 0 Å². The molecule has 1 aromatic heterocycles. The van der Waals surface area contributed by atoms with E-state index in [2.05, 4.69) is 0 Å². The number of para-hydroxylation sites is 1. The average Bonchev–Trinajstić information content (AvgIpc) is 2.93. The number of nitrogens with zero attached hydrogens (tertiary/aromatic N) is 1. The molecule has 0 aliphatic carbocycles. The zero-order valence-electron chi connectivity index (χ0n) is 9.58. The van der Waals surface area contributed by atoms with Gasteiger partial charge in [0, 0.05) is 24.1 Å². The lowest BCUT2D eigenvalue weighted by Crippen LogP contribution is -2.27. The van der Waals surface area contributed by atoms with Crippen molar-refractivity contribution in [1.29, 1.82) is 0 Å². The van der Waals surface area contributed by atoms with Crippen LogP contribution < -0.4 is 5.43 Å². The quantitative estimate of drug-likeness (QED) is 0.766. The summed E-state index contributed by atoms with van der Waals surface area (Å²) >= 11 is 0. The zero-order chi connectivity index (χ0) is 12.5. The van der Waals surface area contributed by atoms with Gasteiger partial charge in [-0.15, -0.1) is 0 Å². The smallest absolute Gasteiger partial charge is 0.272 e. The van der Waals surface area contributed by atoms with Crippen LogP contribution in [0.1, 0.15) is 11.2 Å². The van der Waals surface area contributed by atoms with Gasteiger partial charge in [-0.1, -0.05) is 12.1 Å². The van der Waals surface area contributed by atoms with Crippen molar-refractivity contribution in [3.05, 3.63) is 59.1 Å². The van der Waals surface area contributed by atoms with Crippen LogP contribution in [0.25, 0.3) is 10.9 Å². The summed E-state index contributed by atoms with van der Waals surface area (Å²) in [6, 6.07) is 8.47. The van der Waals surface area contributed by atoms with Gasteiger partial charge in [0.1, 0.15) is 0 Å². The third-order valence-corrected chi connectivity index (χ3v) is 3.01. The van der Waals surface area contributed by atoms with E-state index in [-0.39, 0.29) is 11.3 Å². The predicted molar refractivity (Wildman–Crippen MR) is 67.5 cm³/mol. The molecule has 0 radical (unpaired) electrons. The van der Waals surface area contributed by atoms with Crippen LogP contribution in [-0.2, 0) is 4.74 Å². The van der Waals surface area contributed by atoms with Gasteiger partial charge in [0.25, 0.3) is 5.91 Å². The molecule has 4 nitrogen and oxygen atoms in total. The van der Waals surface area contributed by atoms with E-state index < -0.39 is 6.10 Å². The van der Waals surface area contributed by atoms with Crippen molar-refractivity contribution in [2.24, 2.45) is 0 Å². The Morgan fingerprint density at radius 2 is 2.11 bits per heavy atom. The Labute approximate surface area is 103 Å². The summed E-state index contributed by atoms with van der Waals surface area (Å²) in [7, 11) is 0. The maximum atomic E-state index is 12.3. The lowest BCUT2D eigenvalue weighted by atomic mass is 10.2. The number of pyridine rings is 1. The lowest BCUT2D eigenvalue weighted by molar-refractivity contribution is 0.0667. The highest BCUT2D eigenvalue weighted by Gasteiger charge is 2.23. The summed E-state index contributed by atoms with van der Waals surface area (Å²) in [5, 5.41) is 0.541. The molecule has 0 N–H and O–H groups in total. The number of ether oxygens (including phenoxy) is 1.